The molecule has 0 amide bonds. The van der Waals surface area contributed by atoms with Crippen LogP contribution in [0.4, 0.5) is 0 Å². The largest absolute Gasteiger partial charge is 0.381 e. The fourth-order valence-corrected chi connectivity index (χ4v) is 2.40. The van der Waals surface area contributed by atoms with Gasteiger partial charge in [-0.1, -0.05) is 23.7 Å². The van der Waals surface area contributed by atoms with E-state index in [2.05, 4.69) is 24.4 Å². The number of hydrogen-bond donors (Lipinski definition) is 1. The second-order valence-electron chi connectivity index (χ2n) is 4.68. The Morgan fingerprint density at radius 2 is 2.00 bits per heavy atom. The van der Waals surface area contributed by atoms with Crippen LogP contribution in [0.15, 0.2) is 24.3 Å². The summed E-state index contributed by atoms with van der Waals surface area (Å²) in [6.07, 6.45) is 3.47. The first kappa shape index (κ1) is 12.9. The van der Waals surface area contributed by atoms with Crippen molar-refractivity contribution in [3.8, 4) is 0 Å². The normalized spacial score (nSPS) is 23.1. The Hall–Kier alpha value is -0.570. The molecule has 17 heavy (non-hydrogen) atoms. The van der Waals surface area contributed by atoms with Gasteiger partial charge in [-0.05, 0) is 43.9 Å². The van der Waals surface area contributed by atoms with E-state index in [9.17, 15) is 0 Å². The lowest BCUT2D eigenvalue weighted by molar-refractivity contribution is 0.142. The topological polar surface area (TPSA) is 21.3 Å². The quantitative estimate of drug-likeness (QED) is 0.889. The van der Waals surface area contributed by atoms with Gasteiger partial charge in [0.25, 0.3) is 0 Å². The average Bonchev–Trinajstić information content (AvgIpc) is 2.58. The summed E-state index contributed by atoms with van der Waals surface area (Å²) < 4.78 is 5.47. The fraction of sp³-hybridized carbons (Fsp3) is 0.571. The van der Waals surface area contributed by atoms with Crippen LogP contribution in [0.1, 0.15) is 37.8 Å². The molecule has 0 radical (unpaired) electrons. The lowest BCUT2D eigenvalue weighted by atomic mass is 10.0. The minimum atomic E-state index is 0.371. The van der Waals surface area contributed by atoms with Crippen molar-refractivity contribution in [3.63, 3.8) is 0 Å². The highest BCUT2D eigenvalue weighted by molar-refractivity contribution is 6.30. The van der Waals surface area contributed by atoms with E-state index in [0.717, 1.165) is 31.1 Å². The summed E-state index contributed by atoms with van der Waals surface area (Å²) in [5.74, 6) is 0. The highest BCUT2D eigenvalue weighted by atomic mass is 35.5. The summed E-state index contributed by atoms with van der Waals surface area (Å²) in [5, 5.41) is 4.47. The van der Waals surface area contributed by atoms with Gasteiger partial charge in [0, 0.05) is 30.3 Å². The molecule has 0 spiro atoms. The summed E-state index contributed by atoms with van der Waals surface area (Å²) in [6, 6.07) is 9.02. The van der Waals surface area contributed by atoms with Gasteiger partial charge in [0.15, 0.2) is 0 Å². The first-order chi connectivity index (χ1) is 8.25. The Morgan fingerprint density at radius 1 is 1.24 bits per heavy atom. The molecule has 0 aliphatic carbocycles. The predicted octanol–water partition coefficient (Wildman–Crippen LogP) is 3.56. The Bertz CT molecular complexity index is 331. The van der Waals surface area contributed by atoms with Gasteiger partial charge in [-0.15, -0.1) is 0 Å². The molecule has 1 fully saturated rings. The molecule has 2 rings (SSSR count). The molecule has 1 N–H and O–H groups in total. The van der Waals surface area contributed by atoms with Crippen LogP contribution in [-0.2, 0) is 4.74 Å². The van der Waals surface area contributed by atoms with Gasteiger partial charge in [-0.25, -0.2) is 0 Å². The number of benzene rings is 1. The second kappa shape index (κ2) is 6.39. The standard InChI is InChI=1S/C14H20ClNO/c1-11(12-4-6-13(15)7-5-12)16-14-3-2-9-17-10-8-14/h4-7,11,14,16H,2-3,8-10H2,1H3. The van der Waals surface area contributed by atoms with E-state index < -0.39 is 0 Å². The van der Waals surface area contributed by atoms with Crippen molar-refractivity contribution in [1.82, 2.24) is 5.32 Å². The molecule has 1 aliphatic heterocycles. The molecule has 1 saturated heterocycles. The van der Waals surface area contributed by atoms with E-state index >= 15 is 0 Å². The van der Waals surface area contributed by atoms with Crippen LogP contribution in [0, 0.1) is 0 Å². The summed E-state index contributed by atoms with van der Waals surface area (Å²) in [5.41, 5.74) is 1.29. The van der Waals surface area contributed by atoms with Crippen molar-refractivity contribution in [2.45, 2.75) is 38.3 Å². The molecule has 1 heterocycles. The predicted molar refractivity (Wildman–Crippen MR) is 71.5 cm³/mol. The van der Waals surface area contributed by atoms with Crippen LogP contribution in [-0.4, -0.2) is 19.3 Å². The Kier molecular flexibility index (Phi) is 4.84. The Labute approximate surface area is 108 Å². The lowest BCUT2D eigenvalue weighted by Gasteiger charge is -2.22. The monoisotopic (exact) mass is 253 g/mol. The zero-order chi connectivity index (χ0) is 12.1. The number of hydrogen-bond acceptors (Lipinski definition) is 2. The number of nitrogens with one attached hydrogen (secondary N) is 1. The van der Waals surface area contributed by atoms with Crippen molar-refractivity contribution in [2.75, 3.05) is 13.2 Å². The molecule has 2 atom stereocenters. The molecule has 3 heteroatoms. The van der Waals surface area contributed by atoms with E-state index in [4.69, 9.17) is 16.3 Å². The summed E-state index contributed by atoms with van der Waals surface area (Å²) in [7, 11) is 0. The van der Waals surface area contributed by atoms with Crippen molar-refractivity contribution in [1.29, 1.82) is 0 Å². The van der Waals surface area contributed by atoms with E-state index in [-0.39, 0.29) is 0 Å². The molecular weight excluding hydrogens is 234 g/mol. The summed E-state index contributed by atoms with van der Waals surface area (Å²) >= 11 is 5.89. The van der Waals surface area contributed by atoms with Crippen LogP contribution in [0.2, 0.25) is 5.02 Å². The highest BCUT2D eigenvalue weighted by Crippen LogP contribution is 2.18. The maximum atomic E-state index is 5.89. The summed E-state index contributed by atoms with van der Waals surface area (Å²) in [4.78, 5) is 0. The third-order valence-electron chi connectivity index (χ3n) is 3.31. The van der Waals surface area contributed by atoms with Gasteiger partial charge in [0.05, 0.1) is 0 Å². The fourth-order valence-electron chi connectivity index (χ4n) is 2.27. The Morgan fingerprint density at radius 3 is 2.76 bits per heavy atom. The molecule has 2 nitrogen and oxygen atoms in total. The van der Waals surface area contributed by atoms with E-state index in [1.807, 2.05) is 12.1 Å². The van der Waals surface area contributed by atoms with Gasteiger partial charge < -0.3 is 10.1 Å². The zero-order valence-corrected chi connectivity index (χ0v) is 11.0. The third-order valence-corrected chi connectivity index (χ3v) is 3.56. The molecule has 1 aliphatic rings. The molecule has 0 aromatic heterocycles. The zero-order valence-electron chi connectivity index (χ0n) is 10.3. The Balaban J connectivity index is 1.91. The molecule has 94 valence electrons. The van der Waals surface area contributed by atoms with Crippen LogP contribution in [0.25, 0.3) is 0 Å². The second-order valence-corrected chi connectivity index (χ2v) is 5.12. The maximum Gasteiger partial charge on any atom is 0.0480 e. The molecule has 1 aromatic carbocycles. The molecule has 0 bridgehead atoms. The van der Waals surface area contributed by atoms with E-state index in [1.54, 1.807) is 0 Å². The van der Waals surface area contributed by atoms with Crippen LogP contribution < -0.4 is 5.32 Å². The van der Waals surface area contributed by atoms with Gasteiger partial charge >= 0.3 is 0 Å². The highest BCUT2D eigenvalue weighted by Gasteiger charge is 2.15. The minimum Gasteiger partial charge on any atom is -0.381 e. The smallest absolute Gasteiger partial charge is 0.0480 e. The van der Waals surface area contributed by atoms with E-state index in [1.165, 1.54) is 12.0 Å². The van der Waals surface area contributed by atoms with Crippen LogP contribution >= 0.6 is 11.6 Å². The van der Waals surface area contributed by atoms with Crippen molar-refractivity contribution in [3.05, 3.63) is 34.9 Å². The van der Waals surface area contributed by atoms with Crippen LogP contribution in [0.3, 0.4) is 0 Å². The summed E-state index contributed by atoms with van der Waals surface area (Å²) in [6.45, 7) is 3.99. The van der Waals surface area contributed by atoms with Crippen molar-refractivity contribution >= 4 is 11.6 Å². The molecule has 0 saturated carbocycles. The molecular formula is C14H20ClNO. The molecule has 2 unspecified atom stereocenters. The third kappa shape index (κ3) is 3.98. The average molecular weight is 254 g/mol. The minimum absolute atomic E-state index is 0.371. The van der Waals surface area contributed by atoms with Gasteiger partial charge in [-0.3, -0.25) is 0 Å². The maximum absolute atomic E-state index is 5.89. The number of rotatable bonds is 3. The SMILES string of the molecule is CC(NC1CCCOCC1)c1ccc(Cl)cc1. The first-order valence-electron chi connectivity index (χ1n) is 6.35. The first-order valence-corrected chi connectivity index (χ1v) is 6.73. The number of halogens is 1. The van der Waals surface area contributed by atoms with Crippen LogP contribution in [0.5, 0.6) is 0 Å². The van der Waals surface area contributed by atoms with Gasteiger partial charge in [0.2, 0.25) is 0 Å². The molecule has 1 aromatic rings. The van der Waals surface area contributed by atoms with Crippen molar-refractivity contribution in [2.24, 2.45) is 0 Å². The van der Waals surface area contributed by atoms with Gasteiger partial charge in [0.1, 0.15) is 0 Å². The number of ether oxygens (including phenoxy) is 1. The van der Waals surface area contributed by atoms with Gasteiger partial charge in [-0.2, -0.15) is 0 Å². The van der Waals surface area contributed by atoms with E-state index in [0.29, 0.717) is 12.1 Å². The lowest BCUT2D eigenvalue weighted by Crippen LogP contribution is -2.31. The van der Waals surface area contributed by atoms with Crippen molar-refractivity contribution < 1.29 is 4.74 Å².